The van der Waals surface area contributed by atoms with Crippen LogP contribution in [0.1, 0.15) is 18.1 Å². The molecule has 7 nitrogen and oxygen atoms in total. The second-order valence-corrected chi connectivity index (χ2v) is 6.20. The van der Waals surface area contributed by atoms with E-state index in [9.17, 15) is 14.4 Å². The highest BCUT2D eigenvalue weighted by atomic mass is 16.5. The van der Waals surface area contributed by atoms with Crippen molar-refractivity contribution in [3.05, 3.63) is 76.2 Å². The molecular formula is C22H19NO6. The Labute approximate surface area is 166 Å². The Kier molecular flexibility index (Phi) is 6.09. The number of amides is 1. The molecule has 0 unspecified atom stereocenters. The zero-order valence-corrected chi connectivity index (χ0v) is 15.9. The maximum Gasteiger partial charge on any atom is 0.336 e. The van der Waals surface area contributed by atoms with E-state index in [0.717, 1.165) is 11.3 Å². The first-order valence-corrected chi connectivity index (χ1v) is 8.78. The SMILES string of the molecule is COc1ccc(/C=C/C(=O)OCc2cc(=O)oc3cc(NC(C)=O)ccc23)cc1. The van der Waals surface area contributed by atoms with Crippen LogP contribution < -0.4 is 15.7 Å². The predicted molar refractivity (Wildman–Crippen MR) is 109 cm³/mol. The van der Waals surface area contributed by atoms with Crippen LogP contribution in [0.2, 0.25) is 0 Å². The van der Waals surface area contributed by atoms with Gasteiger partial charge in [-0.3, -0.25) is 4.79 Å². The number of hydrogen-bond donors (Lipinski definition) is 1. The third-order valence-electron chi connectivity index (χ3n) is 4.05. The van der Waals surface area contributed by atoms with Crippen LogP contribution in [0, 0.1) is 0 Å². The quantitative estimate of drug-likeness (QED) is 0.391. The highest BCUT2D eigenvalue weighted by Crippen LogP contribution is 2.22. The lowest BCUT2D eigenvalue weighted by atomic mass is 10.1. The summed E-state index contributed by atoms with van der Waals surface area (Å²) in [5.41, 5.74) is 1.56. The Morgan fingerprint density at radius 2 is 1.86 bits per heavy atom. The number of carbonyl (C=O) groups is 2. The molecule has 0 spiro atoms. The van der Waals surface area contributed by atoms with Crippen LogP contribution in [0.15, 0.2) is 63.8 Å². The average Bonchev–Trinajstić information content (AvgIpc) is 2.70. The van der Waals surface area contributed by atoms with E-state index in [0.29, 0.717) is 22.2 Å². The molecule has 0 aliphatic heterocycles. The minimum Gasteiger partial charge on any atom is -0.497 e. The molecular weight excluding hydrogens is 374 g/mol. The topological polar surface area (TPSA) is 94.8 Å². The normalized spacial score (nSPS) is 10.8. The molecule has 1 amide bonds. The Bertz CT molecular complexity index is 1130. The van der Waals surface area contributed by atoms with Crippen molar-refractivity contribution in [1.29, 1.82) is 0 Å². The second-order valence-electron chi connectivity index (χ2n) is 6.20. The van der Waals surface area contributed by atoms with E-state index in [1.54, 1.807) is 43.5 Å². The Balaban J connectivity index is 1.72. The molecule has 1 heterocycles. The van der Waals surface area contributed by atoms with Gasteiger partial charge < -0.3 is 19.2 Å². The number of rotatable bonds is 6. The van der Waals surface area contributed by atoms with Gasteiger partial charge in [0.15, 0.2) is 0 Å². The van der Waals surface area contributed by atoms with Crippen molar-refractivity contribution in [1.82, 2.24) is 0 Å². The van der Waals surface area contributed by atoms with E-state index >= 15 is 0 Å². The smallest absolute Gasteiger partial charge is 0.336 e. The summed E-state index contributed by atoms with van der Waals surface area (Å²) in [4.78, 5) is 35.0. The molecule has 0 aliphatic carbocycles. The molecule has 7 heteroatoms. The molecule has 0 fully saturated rings. The van der Waals surface area contributed by atoms with Gasteiger partial charge in [0, 0.05) is 41.8 Å². The van der Waals surface area contributed by atoms with Gasteiger partial charge >= 0.3 is 11.6 Å². The van der Waals surface area contributed by atoms with E-state index in [2.05, 4.69) is 5.32 Å². The van der Waals surface area contributed by atoms with Crippen LogP contribution in [-0.2, 0) is 20.9 Å². The molecule has 0 atom stereocenters. The summed E-state index contributed by atoms with van der Waals surface area (Å²) in [5.74, 6) is -0.0568. The third-order valence-corrected chi connectivity index (χ3v) is 4.05. The number of nitrogens with one attached hydrogen (secondary N) is 1. The lowest BCUT2D eigenvalue weighted by Gasteiger charge is -2.08. The standard InChI is InChI=1S/C22H19NO6/c1-14(24)23-17-6-9-19-16(11-22(26)29-20(19)12-17)13-28-21(25)10-5-15-3-7-18(27-2)8-4-15/h3-12H,13H2,1-2H3,(H,23,24)/b10-5+. The van der Waals surface area contributed by atoms with Crippen LogP contribution in [-0.4, -0.2) is 19.0 Å². The number of benzene rings is 2. The summed E-state index contributed by atoms with van der Waals surface area (Å²) in [7, 11) is 1.58. The Morgan fingerprint density at radius 3 is 2.55 bits per heavy atom. The highest BCUT2D eigenvalue weighted by molar-refractivity contribution is 5.92. The summed E-state index contributed by atoms with van der Waals surface area (Å²) in [6.45, 7) is 1.29. The summed E-state index contributed by atoms with van der Waals surface area (Å²) in [6.07, 6.45) is 2.93. The summed E-state index contributed by atoms with van der Waals surface area (Å²) in [5, 5.41) is 3.24. The fraction of sp³-hybridized carbons (Fsp3) is 0.136. The van der Waals surface area contributed by atoms with Gasteiger partial charge in [0.25, 0.3) is 0 Å². The molecule has 148 valence electrons. The third kappa shape index (κ3) is 5.32. The van der Waals surface area contributed by atoms with Gasteiger partial charge in [0.2, 0.25) is 5.91 Å². The number of ether oxygens (including phenoxy) is 2. The Hall–Kier alpha value is -3.87. The summed E-state index contributed by atoms with van der Waals surface area (Å²) < 4.78 is 15.5. The van der Waals surface area contributed by atoms with Crippen molar-refractivity contribution >= 4 is 34.6 Å². The van der Waals surface area contributed by atoms with Crippen molar-refractivity contribution < 1.29 is 23.5 Å². The first-order valence-electron chi connectivity index (χ1n) is 8.78. The molecule has 1 N–H and O–H groups in total. The largest absolute Gasteiger partial charge is 0.497 e. The number of hydrogen-bond acceptors (Lipinski definition) is 6. The van der Waals surface area contributed by atoms with Gasteiger partial charge in [0.05, 0.1) is 7.11 Å². The van der Waals surface area contributed by atoms with Crippen molar-refractivity contribution in [2.75, 3.05) is 12.4 Å². The fourth-order valence-electron chi connectivity index (χ4n) is 2.71. The maximum absolute atomic E-state index is 12.0. The van der Waals surface area contributed by atoms with Gasteiger partial charge in [-0.15, -0.1) is 0 Å². The van der Waals surface area contributed by atoms with E-state index in [4.69, 9.17) is 13.9 Å². The molecule has 0 bridgehead atoms. The van der Waals surface area contributed by atoms with Crippen LogP contribution >= 0.6 is 0 Å². The molecule has 0 aliphatic rings. The lowest BCUT2D eigenvalue weighted by molar-refractivity contribution is -0.138. The van der Waals surface area contributed by atoms with Crippen molar-refractivity contribution in [3.8, 4) is 5.75 Å². The van der Waals surface area contributed by atoms with E-state index in [1.807, 2.05) is 12.1 Å². The predicted octanol–water partition coefficient (Wildman–Crippen LogP) is 3.52. The van der Waals surface area contributed by atoms with Crippen LogP contribution in [0.4, 0.5) is 5.69 Å². The van der Waals surface area contributed by atoms with Gasteiger partial charge in [-0.25, -0.2) is 9.59 Å². The second kappa shape index (κ2) is 8.88. The minimum absolute atomic E-state index is 0.0899. The maximum atomic E-state index is 12.0. The van der Waals surface area contributed by atoms with Gasteiger partial charge in [-0.1, -0.05) is 12.1 Å². The number of esters is 1. The zero-order chi connectivity index (χ0) is 20.8. The number of carbonyl (C=O) groups excluding carboxylic acids is 2. The molecule has 0 radical (unpaired) electrons. The van der Waals surface area contributed by atoms with Crippen LogP contribution in [0.5, 0.6) is 5.75 Å². The summed E-state index contributed by atoms with van der Waals surface area (Å²) in [6, 6.07) is 13.4. The van der Waals surface area contributed by atoms with Gasteiger partial charge in [0.1, 0.15) is 17.9 Å². The molecule has 29 heavy (non-hydrogen) atoms. The van der Waals surface area contributed by atoms with Crippen LogP contribution in [0.25, 0.3) is 17.0 Å². The number of anilines is 1. The average molecular weight is 393 g/mol. The highest BCUT2D eigenvalue weighted by Gasteiger charge is 2.09. The fourth-order valence-corrected chi connectivity index (χ4v) is 2.71. The summed E-state index contributed by atoms with van der Waals surface area (Å²) >= 11 is 0. The van der Waals surface area contributed by atoms with Crippen LogP contribution in [0.3, 0.4) is 0 Å². The van der Waals surface area contributed by atoms with Crippen molar-refractivity contribution in [2.45, 2.75) is 13.5 Å². The first-order chi connectivity index (χ1) is 13.9. The van der Waals surface area contributed by atoms with E-state index < -0.39 is 11.6 Å². The van der Waals surface area contributed by atoms with Crippen molar-refractivity contribution in [3.63, 3.8) is 0 Å². The monoisotopic (exact) mass is 393 g/mol. The van der Waals surface area contributed by atoms with Gasteiger partial charge in [-0.05, 0) is 35.9 Å². The van der Waals surface area contributed by atoms with Crippen molar-refractivity contribution in [2.24, 2.45) is 0 Å². The number of fused-ring (bicyclic) bond motifs is 1. The number of methoxy groups -OCH3 is 1. The zero-order valence-electron chi connectivity index (χ0n) is 15.9. The van der Waals surface area contributed by atoms with Gasteiger partial charge in [-0.2, -0.15) is 0 Å². The molecule has 1 aromatic heterocycles. The Morgan fingerprint density at radius 1 is 1.10 bits per heavy atom. The van der Waals surface area contributed by atoms with E-state index in [-0.39, 0.29) is 12.5 Å². The lowest BCUT2D eigenvalue weighted by Crippen LogP contribution is -2.07. The molecule has 3 aromatic rings. The molecule has 2 aromatic carbocycles. The molecule has 0 saturated heterocycles. The minimum atomic E-state index is -0.572. The van der Waals surface area contributed by atoms with E-state index in [1.165, 1.54) is 19.1 Å². The molecule has 0 saturated carbocycles. The molecule has 3 rings (SSSR count). The first kappa shape index (κ1) is 19.9.